The van der Waals surface area contributed by atoms with Crippen molar-refractivity contribution in [3.63, 3.8) is 0 Å². The van der Waals surface area contributed by atoms with Crippen molar-refractivity contribution in [2.24, 2.45) is 0 Å². The quantitative estimate of drug-likeness (QED) is 0.518. The molecule has 0 saturated heterocycles. The summed E-state index contributed by atoms with van der Waals surface area (Å²) in [5.74, 6) is 0.355. The molecule has 14 heavy (non-hydrogen) atoms. The molecule has 1 amide bonds. The normalized spacial score (nSPS) is 11.4. The molecule has 0 aromatic rings. The number of thioether (sulfide) groups is 1. The van der Waals surface area contributed by atoms with Crippen molar-refractivity contribution in [3.05, 3.63) is 6.42 Å². The number of carbonyl (C=O) groups is 1. The van der Waals surface area contributed by atoms with E-state index in [1.165, 1.54) is 23.1 Å². The van der Waals surface area contributed by atoms with E-state index in [9.17, 15) is 13.2 Å². The standard InChI is InChI=1S/C7H14NO4S2/c1-8(2)7(9)3-4-13-5-6-14(10,11)12/h3H,4-6H2,1-2H3,(H,10,11,12). The Balaban J connectivity index is 3.44. The fraction of sp³-hybridized carbons (Fsp3) is 0.714. The summed E-state index contributed by atoms with van der Waals surface area (Å²) in [5, 5.41) is 0. The Kier molecular flexibility index (Phi) is 6.14. The summed E-state index contributed by atoms with van der Waals surface area (Å²) in [7, 11) is -0.590. The molecule has 1 N–H and O–H groups in total. The van der Waals surface area contributed by atoms with Gasteiger partial charge in [-0.05, 0) is 0 Å². The van der Waals surface area contributed by atoms with Crippen LogP contribution < -0.4 is 0 Å². The Hall–Kier alpha value is -0.270. The van der Waals surface area contributed by atoms with Gasteiger partial charge in [-0.2, -0.15) is 20.2 Å². The molecule has 0 aromatic heterocycles. The molecule has 0 aliphatic heterocycles. The lowest BCUT2D eigenvalue weighted by Gasteiger charge is -2.08. The van der Waals surface area contributed by atoms with Gasteiger partial charge >= 0.3 is 0 Å². The Morgan fingerprint density at radius 1 is 1.50 bits per heavy atom. The second-order valence-electron chi connectivity index (χ2n) is 2.80. The average Bonchev–Trinajstić information content (AvgIpc) is 2.01. The summed E-state index contributed by atoms with van der Waals surface area (Å²) >= 11 is 1.28. The first-order valence-corrected chi connectivity index (χ1v) is 6.66. The molecule has 0 saturated carbocycles. The van der Waals surface area contributed by atoms with Crippen molar-refractivity contribution in [2.75, 3.05) is 31.4 Å². The van der Waals surface area contributed by atoms with Crippen molar-refractivity contribution in [1.82, 2.24) is 4.90 Å². The van der Waals surface area contributed by atoms with E-state index in [1.54, 1.807) is 14.1 Å². The van der Waals surface area contributed by atoms with Gasteiger partial charge in [-0.3, -0.25) is 9.35 Å². The molecule has 0 rings (SSSR count). The largest absolute Gasteiger partial charge is 0.349 e. The molecule has 0 heterocycles. The number of hydrogen-bond acceptors (Lipinski definition) is 4. The van der Waals surface area contributed by atoms with Crippen LogP contribution in [0.5, 0.6) is 0 Å². The second-order valence-corrected chi connectivity index (χ2v) is 5.52. The van der Waals surface area contributed by atoms with Gasteiger partial charge in [0.05, 0.1) is 12.2 Å². The van der Waals surface area contributed by atoms with Crippen molar-refractivity contribution in [2.45, 2.75) is 0 Å². The summed E-state index contributed by atoms with van der Waals surface area (Å²) in [6.07, 6.45) is 1.47. The van der Waals surface area contributed by atoms with Crippen LogP contribution in [0, 0.1) is 6.42 Å². The third-order valence-electron chi connectivity index (χ3n) is 1.30. The third kappa shape index (κ3) is 8.33. The maximum absolute atomic E-state index is 11.0. The van der Waals surface area contributed by atoms with Crippen molar-refractivity contribution in [3.8, 4) is 0 Å². The highest BCUT2D eigenvalue weighted by atomic mass is 32.2. The summed E-state index contributed by atoms with van der Waals surface area (Å²) in [5.41, 5.74) is 0. The predicted molar refractivity (Wildman–Crippen MR) is 56.7 cm³/mol. The summed E-state index contributed by atoms with van der Waals surface area (Å²) in [4.78, 5) is 12.4. The fourth-order valence-electron chi connectivity index (χ4n) is 0.560. The number of rotatable bonds is 6. The minimum absolute atomic E-state index is 0.107. The van der Waals surface area contributed by atoms with Crippen molar-refractivity contribution < 1.29 is 17.8 Å². The lowest BCUT2D eigenvalue weighted by Crippen LogP contribution is -2.22. The molecule has 0 bridgehead atoms. The minimum atomic E-state index is -3.87. The van der Waals surface area contributed by atoms with Gasteiger partial charge in [0, 0.05) is 25.6 Å². The molecule has 5 nitrogen and oxygen atoms in total. The van der Waals surface area contributed by atoms with Crippen LogP contribution in [0.2, 0.25) is 0 Å². The number of amides is 1. The van der Waals surface area contributed by atoms with Gasteiger partial charge in [0.1, 0.15) is 0 Å². The highest BCUT2D eigenvalue weighted by Crippen LogP contribution is 2.03. The molecule has 7 heteroatoms. The maximum Gasteiger partial charge on any atom is 0.265 e. The van der Waals surface area contributed by atoms with Gasteiger partial charge in [0.25, 0.3) is 10.1 Å². The molecule has 0 spiro atoms. The monoisotopic (exact) mass is 240 g/mol. The van der Waals surface area contributed by atoms with Gasteiger partial charge in [-0.25, -0.2) is 0 Å². The van der Waals surface area contributed by atoms with Gasteiger partial charge in [0.15, 0.2) is 0 Å². The van der Waals surface area contributed by atoms with Crippen LogP contribution >= 0.6 is 11.8 Å². The highest BCUT2D eigenvalue weighted by molar-refractivity contribution is 8.00. The number of carbonyl (C=O) groups excluding carboxylic acids is 1. The lowest BCUT2D eigenvalue weighted by atomic mass is 10.4. The average molecular weight is 240 g/mol. The van der Waals surface area contributed by atoms with Crippen LogP contribution in [0.15, 0.2) is 0 Å². The predicted octanol–water partition coefficient (Wildman–Crippen LogP) is -0.100. The van der Waals surface area contributed by atoms with Crippen LogP contribution in [0.3, 0.4) is 0 Å². The minimum Gasteiger partial charge on any atom is -0.349 e. The summed E-state index contributed by atoms with van der Waals surface area (Å²) < 4.78 is 29.0. The molecule has 0 aromatic carbocycles. The number of nitrogens with zero attached hydrogens (tertiary/aromatic N) is 1. The Morgan fingerprint density at radius 2 is 2.07 bits per heavy atom. The zero-order valence-electron chi connectivity index (χ0n) is 8.13. The molecule has 0 fully saturated rings. The first-order valence-electron chi connectivity index (χ1n) is 3.90. The fourth-order valence-corrected chi connectivity index (χ4v) is 2.30. The van der Waals surface area contributed by atoms with Crippen LogP contribution in [0.4, 0.5) is 0 Å². The lowest BCUT2D eigenvalue weighted by molar-refractivity contribution is -0.124. The zero-order valence-corrected chi connectivity index (χ0v) is 9.77. The number of hydrogen-bond donors (Lipinski definition) is 1. The van der Waals surface area contributed by atoms with E-state index in [-0.39, 0.29) is 17.4 Å². The van der Waals surface area contributed by atoms with Gasteiger partial charge in [-0.15, -0.1) is 0 Å². The molecular weight excluding hydrogens is 226 g/mol. The van der Waals surface area contributed by atoms with Gasteiger partial charge < -0.3 is 4.90 Å². The van der Waals surface area contributed by atoms with Crippen LogP contribution in [-0.4, -0.2) is 55.1 Å². The van der Waals surface area contributed by atoms with E-state index in [4.69, 9.17) is 4.55 Å². The van der Waals surface area contributed by atoms with E-state index in [1.807, 2.05) is 0 Å². The topological polar surface area (TPSA) is 74.7 Å². The van der Waals surface area contributed by atoms with E-state index in [0.717, 1.165) is 0 Å². The van der Waals surface area contributed by atoms with Crippen LogP contribution in [0.1, 0.15) is 0 Å². The van der Waals surface area contributed by atoms with E-state index < -0.39 is 10.1 Å². The molecule has 1 radical (unpaired) electrons. The Bertz CT molecular complexity index is 273. The first-order chi connectivity index (χ1) is 6.33. The molecule has 0 aliphatic rings. The summed E-state index contributed by atoms with van der Waals surface area (Å²) in [6, 6.07) is 0. The SMILES string of the molecule is CN(C)C(=O)[CH]CSCCS(=O)(=O)O. The molecular formula is C7H14NO4S2. The Morgan fingerprint density at radius 3 is 2.50 bits per heavy atom. The van der Waals surface area contributed by atoms with Crippen LogP contribution in [0.25, 0.3) is 0 Å². The van der Waals surface area contributed by atoms with Crippen molar-refractivity contribution in [1.29, 1.82) is 0 Å². The Labute approximate surface area is 88.6 Å². The molecule has 83 valence electrons. The van der Waals surface area contributed by atoms with Gasteiger partial charge in [-0.1, -0.05) is 0 Å². The van der Waals surface area contributed by atoms with Gasteiger partial charge in [0.2, 0.25) is 5.91 Å². The highest BCUT2D eigenvalue weighted by Gasteiger charge is 2.06. The van der Waals surface area contributed by atoms with E-state index >= 15 is 0 Å². The first kappa shape index (κ1) is 13.7. The van der Waals surface area contributed by atoms with Crippen LogP contribution in [-0.2, 0) is 14.9 Å². The van der Waals surface area contributed by atoms with E-state index in [0.29, 0.717) is 5.75 Å². The summed E-state index contributed by atoms with van der Waals surface area (Å²) in [6.45, 7) is 0. The van der Waals surface area contributed by atoms with Crippen molar-refractivity contribution >= 4 is 27.8 Å². The van der Waals surface area contributed by atoms with E-state index in [2.05, 4.69) is 0 Å². The molecule has 0 atom stereocenters. The third-order valence-corrected chi connectivity index (χ3v) is 3.18. The maximum atomic E-state index is 11.0. The second kappa shape index (κ2) is 6.26. The smallest absolute Gasteiger partial charge is 0.265 e. The zero-order chi connectivity index (χ0) is 11.2. The molecule has 0 unspecified atom stereocenters. The molecule has 0 aliphatic carbocycles.